The molecule has 3 aromatic rings. The van der Waals surface area contributed by atoms with Crippen LogP contribution in [0.5, 0.6) is 5.75 Å². The molecule has 0 saturated heterocycles. The summed E-state index contributed by atoms with van der Waals surface area (Å²) in [5, 5.41) is 7.75. The molecule has 25 heavy (non-hydrogen) atoms. The number of aromatic nitrogens is 2. The molecule has 0 atom stereocenters. The minimum Gasteiger partial charge on any atom is -0.497 e. The number of methoxy groups -OCH3 is 1. The van der Waals surface area contributed by atoms with Crippen molar-refractivity contribution in [3.63, 3.8) is 0 Å². The van der Waals surface area contributed by atoms with Gasteiger partial charge < -0.3 is 13.9 Å². The Balaban J connectivity index is 1.67. The highest BCUT2D eigenvalue weighted by atomic mass is 19.1. The summed E-state index contributed by atoms with van der Waals surface area (Å²) >= 11 is 0. The number of aryl methyl sites for hydroxylation is 1. The molecule has 0 bridgehead atoms. The number of ether oxygens (including phenoxy) is 2. The van der Waals surface area contributed by atoms with Gasteiger partial charge in [0.05, 0.1) is 12.7 Å². The summed E-state index contributed by atoms with van der Waals surface area (Å²) in [5.41, 5.74) is 1.63. The van der Waals surface area contributed by atoms with Crippen molar-refractivity contribution in [2.45, 2.75) is 13.5 Å². The average Bonchev–Trinajstić information content (AvgIpc) is 3.08. The van der Waals surface area contributed by atoms with Crippen molar-refractivity contribution in [3.8, 4) is 17.2 Å². The molecule has 0 aliphatic rings. The zero-order chi connectivity index (χ0) is 17.8. The fourth-order valence-electron chi connectivity index (χ4n) is 2.20. The van der Waals surface area contributed by atoms with Crippen molar-refractivity contribution >= 4 is 5.97 Å². The highest BCUT2D eigenvalue weighted by Crippen LogP contribution is 2.20. The summed E-state index contributed by atoms with van der Waals surface area (Å²) in [6.45, 7) is 1.70. The highest BCUT2D eigenvalue weighted by molar-refractivity contribution is 5.89. The maximum Gasteiger partial charge on any atom is 0.341 e. The number of hydrogen-bond acceptors (Lipinski definition) is 6. The molecular formula is C18H15FN2O4. The van der Waals surface area contributed by atoms with Crippen molar-refractivity contribution < 1.29 is 23.1 Å². The first-order valence-electron chi connectivity index (χ1n) is 7.47. The zero-order valence-corrected chi connectivity index (χ0v) is 13.7. The monoisotopic (exact) mass is 342 g/mol. The third kappa shape index (κ3) is 3.82. The normalized spacial score (nSPS) is 10.5. The van der Waals surface area contributed by atoms with E-state index in [1.165, 1.54) is 19.2 Å². The van der Waals surface area contributed by atoms with Gasteiger partial charge in [0.25, 0.3) is 5.89 Å². The first-order chi connectivity index (χ1) is 12.1. The van der Waals surface area contributed by atoms with Gasteiger partial charge in [0, 0.05) is 11.6 Å². The quantitative estimate of drug-likeness (QED) is 0.660. The van der Waals surface area contributed by atoms with Crippen LogP contribution in [0.25, 0.3) is 11.5 Å². The van der Waals surface area contributed by atoms with Crippen molar-refractivity contribution in [1.82, 2.24) is 10.2 Å². The van der Waals surface area contributed by atoms with Crippen LogP contribution in [0.15, 0.2) is 46.9 Å². The maximum absolute atomic E-state index is 13.8. The summed E-state index contributed by atoms with van der Waals surface area (Å²) in [6.07, 6.45) is 0. The minimum atomic E-state index is -0.824. The average molecular weight is 342 g/mol. The molecular weight excluding hydrogens is 327 g/mol. The van der Waals surface area contributed by atoms with Crippen LogP contribution in [0.2, 0.25) is 0 Å². The molecule has 0 aliphatic heterocycles. The predicted octanol–water partition coefficient (Wildman–Crippen LogP) is 3.55. The van der Waals surface area contributed by atoms with Crippen molar-refractivity contribution in [1.29, 1.82) is 0 Å². The SMILES string of the molecule is COc1ccc(C(=O)OCc2nnc(-c3cccc(C)c3)o2)c(F)c1. The largest absolute Gasteiger partial charge is 0.497 e. The molecule has 0 aliphatic carbocycles. The molecule has 0 N–H and O–H groups in total. The number of rotatable bonds is 5. The summed E-state index contributed by atoms with van der Waals surface area (Å²) in [5.74, 6) is -0.788. The second kappa shape index (κ2) is 7.12. The number of carbonyl (C=O) groups is 1. The van der Waals surface area contributed by atoms with Gasteiger partial charge in [0.1, 0.15) is 11.6 Å². The Labute approximate surface area is 143 Å². The van der Waals surface area contributed by atoms with Crippen LogP contribution in [-0.2, 0) is 11.3 Å². The standard InChI is InChI=1S/C18H15FN2O4/c1-11-4-3-5-12(8-11)17-21-20-16(25-17)10-24-18(22)14-7-6-13(23-2)9-15(14)19/h3-9H,10H2,1-2H3. The van der Waals surface area contributed by atoms with E-state index < -0.39 is 11.8 Å². The fraction of sp³-hybridized carbons (Fsp3) is 0.167. The second-order valence-corrected chi connectivity index (χ2v) is 5.29. The Bertz CT molecular complexity index is 908. The van der Waals surface area contributed by atoms with Gasteiger partial charge in [-0.1, -0.05) is 17.7 Å². The molecule has 0 fully saturated rings. The first kappa shape index (κ1) is 16.6. The summed E-state index contributed by atoms with van der Waals surface area (Å²) < 4.78 is 29.2. The Morgan fingerprint density at radius 1 is 1.20 bits per heavy atom. The lowest BCUT2D eigenvalue weighted by molar-refractivity contribution is 0.0433. The van der Waals surface area contributed by atoms with Gasteiger partial charge in [0.2, 0.25) is 5.89 Å². The molecule has 3 rings (SSSR count). The van der Waals surface area contributed by atoms with Crippen LogP contribution >= 0.6 is 0 Å². The van der Waals surface area contributed by atoms with E-state index in [1.807, 2.05) is 31.2 Å². The third-order valence-corrected chi connectivity index (χ3v) is 3.45. The smallest absolute Gasteiger partial charge is 0.341 e. The molecule has 0 unspecified atom stereocenters. The van der Waals surface area contributed by atoms with Crippen LogP contribution in [0.1, 0.15) is 21.8 Å². The summed E-state index contributed by atoms with van der Waals surface area (Å²) in [4.78, 5) is 12.0. The van der Waals surface area contributed by atoms with E-state index in [0.29, 0.717) is 11.6 Å². The maximum atomic E-state index is 13.8. The Hall–Kier alpha value is -3.22. The second-order valence-electron chi connectivity index (χ2n) is 5.29. The lowest BCUT2D eigenvalue weighted by Crippen LogP contribution is -2.08. The van der Waals surface area contributed by atoms with Gasteiger partial charge in [-0.15, -0.1) is 10.2 Å². The molecule has 7 heteroatoms. The van der Waals surface area contributed by atoms with E-state index in [9.17, 15) is 9.18 Å². The van der Waals surface area contributed by atoms with E-state index in [2.05, 4.69) is 10.2 Å². The van der Waals surface area contributed by atoms with Crippen LogP contribution in [0, 0.1) is 12.7 Å². The summed E-state index contributed by atoms with van der Waals surface area (Å²) in [7, 11) is 1.41. The minimum absolute atomic E-state index is 0.124. The number of esters is 1. The molecule has 1 heterocycles. The molecule has 0 amide bonds. The molecule has 1 aromatic heterocycles. The number of hydrogen-bond donors (Lipinski definition) is 0. The van der Waals surface area contributed by atoms with Crippen molar-refractivity contribution in [2.24, 2.45) is 0 Å². The van der Waals surface area contributed by atoms with E-state index >= 15 is 0 Å². The molecule has 6 nitrogen and oxygen atoms in total. The molecule has 128 valence electrons. The molecule has 0 saturated carbocycles. The van der Waals surface area contributed by atoms with Gasteiger partial charge in [0.15, 0.2) is 6.61 Å². The number of carbonyl (C=O) groups excluding carboxylic acids is 1. The van der Waals surface area contributed by atoms with Crippen molar-refractivity contribution in [2.75, 3.05) is 7.11 Å². The third-order valence-electron chi connectivity index (χ3n) is 3.45. The van der Waals surface area contributed by atoms with Gasteiger partial charge >= 0.3 is 5.97 Å². The Kier molecular flexibility index (Phi) is 4.74. The van der Waals surface area contributed by atoms with E-state index in [1.54, 1.807) is 0 Å². The van der Waals surface area contributed by atoms with Gasteiger partial charge in [-0.05, 0) is 31.2 Å². The van der Waals surface area contributed by atoms with Crippen LogP contribution in [-0.4, -0.2) is 23.3 Å². The highest BCUT2D eigenvalue weighted by Gasteiger charge is 2.16. The molecule has 0 radical (unpaired) electrons. The number of benzene rings is 2. The lowest BCUT2D eigenvalue weighted by Gasteiger charge is -2.05. The predicted molar refractivity (Wildman–Crippen MR) is 86.5 cm³/mol. The van der Waals surface area contributed by atoms with E-state index in [0.717, 1.165) is 17.2 Å². The van der Waals surface area contributed by atoms with Crippen LogP contribution in [0.4, 0.5) is 4.39 Å². The van der Waals surface area contributed by atoms with Gasteiger partial charge in [-0.2, -0.15) is 0 Å². The lowest BCUT2D eigenvalue weighted by atomic mass is 10.1. The fourth-order valence-corrected chi connectivity index (χ4v) is 2.20. The number of nitrogens with zero attached hydrogens (tertiary/aromatic N) is 2. The van der Waals surface area contributed by atoms with Crippen LogP contribution < -0.4 is 4.74 Å². The van der Waals surface area contributed by atoms with E-state index in [4.69, 9.17) is 13.9 Å². The van der Waals surface area contributed by atoms with Gasteiger partial charge in [-0.3, -0.25) is 0 Å². The zero-order valence-electron chi connectivity index (χ0n) is 13.7. The Morgan fingerprint density at radius 2 is 2.04 bits per heavy atom. The topological polar surface area (TPSA) is 74.5 Å². The van der Waals surface area contributed by atoms with E-state index in [-0.39, 0.29) is 18.1 Å². The van der Waals surface area contributed by atoms with Crippen LogP contribution in [0.3, 0.4) is 0 Å². The molecule has 2 aromatic carbocycles. The van der Waals surface area contributed by atoms with Gasteiger partial charge in [-0.25, -0.2) is 9.18 Å². The van der Waals surface area contributed by atoms with Crippen molar-refractivity contribution in [3.05, 3.63) is 65.3 Å². The Morgan fingerprint density at radius 3 is 2.76 bits per heavy atom. The first-order valence-corrected chi connectivity index (χ1v) is 7.47. The summed E-state index contributed by atoms with van der Waals surface area (Å²) in [6, 6.07) is 11.4. The number of halogens is 1. The molecule has 0 spiro atoms.